The number of hydrogen-bond acceptors (Lipinski definition) is 6. The van der Waals surface area contributed by atoms with Gasteiger partial charge in [-0.1, -0.05) is 23.7 Å². The molecule has 2 amide bonds. The van der Waals surface area contributed by atoms with Crippen molar-refractivity contribution in [3.63, 3.8) is 0 Å². The van der Waals surface area contributed by atoms with Gasteiger partial charge in [-0.15, -0.1) is 0 Å². The summed E-state index contributed by atoms with van der Waals surface area (Å²) in [6.07, 6.45) is 2.36. The van der Waals surface area contributed by atoms with Gasteiger partial charge in [0.1, 0.15) is 5.69 Å². The minimum absolute atomic E-state index is 0.0425. The van der Waals surface area contributed by atoms with E-state index in [1.807, 2.05) is 53.4 Å². The third-order valence-corrected chi connectivity index (χ3v) is 7.35. The van der Waals surface area contributed by atoms with Gasteiger partial charge in [-0.2, -0.15) is 5.26 Å². The molecule has 38 heavy (non-hydrogen) atoms. The number of halogens is 1. The van der Waals surface area contributed by atoms with Crippen molar-refractivity contribution in [2.45, 2.75) is 19.0 Å². The number of aromatic nitrogens is 1. The molecule has 3 aromatic rings. The smallest absolute Gasteiger partial charge is 0.270 e. The molecule has 0 saturated carbocycles. The molecule has 3 heterocycles. The van der Waals surface area contributed by atoms with E-state index < -0.39 is 0 Å². The van der Waals surface area contributed by atoms with Crippen molar-refractivity contribution in [2.75, 3.05) is 44.2 Å². The second-order valence-electron chi connectivity index (χ2n) is 9.69. The number of pyridine rings is 1. The molecule has 0 bridgehead atoms. The topological polar surface area (TPSA) is 92.6 Å². The van der Waals surface area contributed by atoms with Crippen molar-refractivity contribution in [1.82, 2.24) is 20.1 Å². The third-order valence-electron chi connectivity index (χ3n) is 7.10. The molecule has 0 aliphatic carbocycles. The van der Waals surface area contributed by atoms with Crippen LogP contribution in [0.5, 0.6) is 0 Å². The molecule has 5 rings (SSSR count). The highest BCUT2D eigenvalue weighted by atomic mass is 35.5. The summed E-state index contributed by atoms with van der Waals surface area (Å²) in [7, 11) is 0. The summed E-state index contributed by atoms with van der Waals surface area (Å²) < 4.78 is 0. The zero-order chi connectivity index (χ0) is 26.5. The van der Waals surface area contributed by atoms with E-state index in [0.717, 1.165) is 50.4 Å². The Balaban J connectivity index is 1.09. The molecule has 9 heteroatoms. The quantitative estimate of drug-likeness (QED) is 0.526. The molecule has 0 unspecified atom stereocenters. The first kappa shape index (κ1) is 25.7. The van der Waals surface area contributed by atoms with E-state index >= 15 is 0 Å². The van der Waals surface area contributed by atoms with Crippen molar-refractivity contribution in [1.29, 1.82) is 5.26 Å². The molecule has 8 nitrogen and oxygen atoms in total. The molecule has 2 fully saturated rings. The molecule has 1 aromatic heterocycles. The first-order valence-corrected chi connectivity index (χ1v) is 13.1. The number of nitriles is 1. The Labute approximate surface area is 227 Å². The average Bonchev–Trinajstić information content (AvgIpc) is 3.40. The van der Waals surface area contributed by atoms with Crippen molar-refractivity contribution >= 4 is 29.1 Å². The fraction of sp³-hybridized carbons (Fsp3) is 0.310. The Kier molecular flexibility index (Phi) is 7.87. The third kappa shape index (κ3) is 6.13. The summed E-state index contributed by atoms with van der Waals surface area (Å²) in [6, 6.07) is 20.8. The molecule has 2 saturated heterocycles. The zero-order valence-corrected chi connectivity index (χ0v) is 21.8. The Bertz CT molecular complexity index is 1310. The SMILES string of the molecule is N#Cc1ccc(CN2CC[C@H](NC(=O)c3ccc(C(=O)N4CCN(c5ccc(Cl)cc5)CC4)cn3)C2)cc1. The van der Waals surface area contributed by atoms with E-state index in [4.69, 9.17) is 16.9 Å². The van der Waals surface area contributed by atoms with E-state index in [1.54, 1.807) is 12.1 Å². The summed E-state index contributed by atoms with van der Waals surface area (Å²) in [5.74, 6) is -0.305. The van der Waals surface area contributed by atoms with Gasteiger partial charge in [-0.25, -0.2) is 0 Å². The maximum absolute atomic E-state index is 13.0. The van der Waals surface area contributed by atoms with Gasteiger partial charge in [-0.3, -0.25) is 19.5 Å². The van der Waals surface area contributed by atoms with Crippen LogP contribution in [-0.4, -0.2) is 71.9 Å². The van der Waals surface area contributed by atoms with Crippen LogP contribution in [0, 0.1) is 11.3 Å². The van der Waals surface area contributed by atoms with Crippen LogP contribution in [0.3, 0.4) is 0 Å². The highest BCUT2D eigenvalue weighted by Gasteiger charge is 2.26. The van der Waals surface area contributed by atoms with Gasteiger partial charge in [0.15, 0.2) is 0 Å². The molecule has 1 atom stereocenters. The summed E-state index contributed by atoms with van der Waals surface area (Å²) in [5, 5.41) is 12.7. The van der Waals surface area contributed by atoms with E-state index in [2.05, 4.69) is 26.2 Å². The molecule has 2 aliphatic rings. The number of piperazine rings is 1. The number of benzene rings is 2. The lowest BCUT2D eigenvalue weighted by Gasteiger charge is -2.36. The van der Waals surface area contributed by atoms with E-state index in [1.165, 1.54) is 6.20 Å². The monoisotopic (exact) mass is 528 g/mol. The lowest BCUT2D eigenvalue weighted by Crippen LogP contribution is -2.48. The van der Waals surface area contributed by atoms with E-state index in [9.17, 15) is 9.59 Å². The molecule has 2 aliphatic heterocycles. The van der Waals surface area contributed by atoms with Crippen LogP contribution in [0.2, 0.25) is 5.02 Å². The van der Waals surface area contributed by atoms with Gasteiger partial charge in [0, 0.05) is 68.8 Å². The predicted molar refractivity (Wildman–Crippen MR) is 146 cm³/mol. The van der Waals surface area contributed by atoms with Gasteiger partial charge in [0.2, 0.25) is 0 Å². The van der Waals surface area contributed by atoms with Crippen molar-refractivity contribution < 1.29 is 9.59 Å². The molecule has 1 N–H and O–H groups in total. The summed E-state index contributed by atoms with van der Waals surface area (Å²) in [5.41, 5.74) is 3.68. The van der Waals surface area contributed by atoms with Crippen LogP contribution in [-0.2, 0) is 6.54 Å². The Morgan fingerprint density at radius 3 is 2.37 bits per heavy atom. The predicted octanol–water partition coefficient (Wildman–Crippen LogP) is 3.57. The summed E-state index contributed by atoms with van der Waals surface area (Å²) in [6.45, 7) is 5.13. The number of nitrogens with zero attached hydrogens (tertiary/aromatic N) is 5. The van der Waals surface area contributed by atoms with Crippen LogP contribution < -0.4 is 10.2 Å². The molecule has 194 valence electrons. The highest BCUT2D eigenvalue weighted by Crippen LogP contribution is 2.20. The normalized spacial score (nSPS) is 17.7. The van der Waals surface area contributed by atoms with Gasteiger partial charge in [-0.05, 0) is 60.5 Å². The highest BCUT2D eigenvalue weighted by molar-refractivity contribution is 6.30. The van der Waals surface area contributed by atoms with Gasteiger partial charge >= 0.3 is 0 Å². The number of hydrogen-bond donors (Lipinski definition) is 1. The first-order valence-electron chi connectivity index (χ1n) is 12.8. The van der Waals surface area contributed by atoms with Crippen LogP contribution in [0.1, 0.15) is 38.4 Å². The standard InChI is InChI=1S/C29H29ClN6O2/c30-24-6-8-26(9-7-24)35-13-15-36(16-14-35)29(38)23-5-10-27(32-18-23)28(37)33-25-11-12-34(20-25)19-22-3-1-21(17-31)2-4-22/h1-10,18,25H,11-16,19-20H2,(H,33,37)/t25-/m0/s1. The minimum atomic E-state index is -0.231. The fourth-order valence-electron chi connectivity index (χ4n) is 4.95. The van der Waals surface area contributed by atoms with Crippen molar-refractivity contribution in [2.24, 2.45) is 0 Å². The lowest BCUT2D eigenvalue weighted by atomic mass is 10.1. The van der Waals surface area contributed by atoms with Crippen LogP contribution >= 0.6 is 11.6 Å². The lowest BCUT2D eigenvalue weighted by molar-refractivity contribution is 0.0745. The summed E-state index contributed by atoms with van der Waals surface area (Å²) >= 11 is 5.99. The molecular weight excluding hydrogens is 500 g/mol. The second-order valence-corrected chi connectivity index (χ2v) is 10.1. The number of rotatable bonds is 6. The Morgan fingerprint density at radius 2 is 1.71 bits per heavy atom. The van der Waals surface area contributed by atoms with Gasteiger partial charge in [0.05, 0.1) is 17.2 Å². The molecular formula is C29H29ClN6O2. The molecule has 2 aromatic carbocycles. The zero-order valence-electron chi connectivity index (χ0n) is 21.0. The van der Waals surface area contributed by atoms with Crippen molar-refractivity contribution in [3.8, 4) is 6.07 Å². The fourth-order valence-corrected chi connectivity index (χ4v) is 5.08. The van der Waals surface area contributed by atoms with Crippen LogP contribution in [0.25, 0.3) is 0 Å². The number of nitrogens with one attached hydrogen (secondary N) is 1. The number of amides is 2. The largest absolute Gasteiger partial charge is 0.368 e. The van der Waals surface area contributed by atoms with Gasteiger partial charge in [0.25, 0.3) is 11.8 Å². The average molecular weight is 529 g/mol. The Morgan fingerprint density at radius 1 is 0.974 bits per heavy atom. The first-order chi connectivity index (χ1) is 18.5. The van der Waals surface area contributed by atoms with Crippen LogP contribution in [0.4, 0.5) is 5.69 Å². The molecule has 0 spiro atoms. The summed E-state index contributed by atoms with van der Waals surface area (Å²) in [4.78, 5) is 36.4. The van der Waals surface area contributed by atoms with Crippen LogP contribution in [0.15, 0.2) is 66.9 Å². The maximum atomic E-state index is 13.0. The van der Waals surface area contributed by atoms with E-state index in [0.29, 0.717) is 34.9 Å². The van der Waals surface area contributed by atoms with E-state index in [-0.39, 0.29) is 17.9 Å². The maximum Gasteiger partial charge on any atom is 0.270 e. The second kappa shape index (κ2) is 11.6. The van der Waals surface area contributed by atoms with Gasteiger partial charge < -0.3 is 15.1 Å². The minimum Gasteiger partial charge on any atom is -0.368 e. The molecule has 0 radical (unpaired) electrons. The Hall–Kier alpha value is -3.93. The number of carbonyl (C=O) groups excluding carboxylic acids is 2. The number of anilines is 1. The number of likely N-dealkylation sites (tertiary alicyclic amines) is 1. The van der Waals surface area contributed by atoms with Crippen molar-refractivity contribution in [3.05, 3.63) is 94.3 Å². The number of carbonyl (C=O) groups is 2.